The van der Waals surface area contributed by atoms with E-state index in [2.05, 4.69) is 15.5 Å². The lowest BCUT2D eigenvalue weighted by molar-refractivity contribution is -0.128. The van der Waals surface area contributed by atoms with Gasteiger partial charge in [-0.05, 0) is 18.2 Å². The Morgan fingerprint density at radius 1 is 1.30 bits per heavy atom. The number of thioether (sulfide) groups is 1. The predicted molar refractivity (Wildman–Crippen MR) is 96.7 cm³/mol. The average molecular weight is 389 g/mol. The van der Waals surface area contributed by atoms with Crippen LogP contribution in [0.15, 0.2) is 29.7 Å². The predicted octanol–water partition coefficient (Wildman–Crippen LogP) is 0.524. The molecule has 2 aromatic rings. The van der Waals surface area contributed by atoms with Crippen LogP contribution in [0.2, 0.25) is 0 Å². The van der Waals surface area contributed by atoms with Crippen molar-refractivity contribution in [3.63, 3.8) is 0 Å². The zero-order valence-electron chi connectivity index (χ0n) is 14.8. The molecule has 2 amide bonds. The van der Waals surface area contributed by atoms with Crippen LogP contribution in [0, 0.1) is 5.92 Å². The van der Waals surface area contributed by atoms with Crippen molar-refractivity contribution in [1.82, 2.24) is 25.0 Å². The van der Waals surface area contributed by atoms with Crippen molar-refractivity contribution >= 4 is 23.6 Å². The molecule has 4 rings (SSSR count). The summed E-state index contributed by atoms with van der Waals surface area (Å²) >= 11 is 1.53. The minimum Gasteiger partial charge on any atom is -0.454 e. The molecule has 1 saturated heterocycles. The van der Waals surface area contributed by atoms with Crippen LogP contribution in [0.25, 0.3) is 0 Å². The van der Waals surface area contributed by atoms with Crippen molar-refractivity contribution in [2.24, 2.45) is 13.0 Å². The maximum atomic E-state index is 12.5. The molecule has 1 fully saturated rings. The highest BCUT2D eigenvalue weighted by atomic mass is 32.2. The van der Waals surface area contributed by atoms with Crippen molar-refractivity contribution < 1.29 is 19.1 Å². The highest BCUT2D eigenvalue weighted by Crippen LogP contribution is 2.33. The van der Waals surface area contributed by atoms with Gasteiger partial charge in [0.1, 0.15) is 6.33 Å². The summed E-state index contributed by atoms with van der Waals surface area (Å²) < 4.78 is 12.4. The Morgan fingerprint density at radius 2 is 2.11 bits per heavy atom. The van der Waals surface area contributed by atoms with E-state index in [0.717, 1.165) is 5.16 Å². The Bertz CT molecular complexity index is 865. The van der Waals surface area contributed by atoms with Crippen LogP contribution >= 0.6 is 11.8 Å². The molecule has 2 aliphatic heterocycles. The average Bonchev–Trinajstić information content (AvgIpc) is 3.25. The summed E-state index contributed by atoms with van der Waals surface area (Å²) in [5.41, 5.74) is 0.540. The molecule has 0 bridgehead atoms. The van der Waals surface area contributed by atoms with Crippen molar-refractivity contribution in [2.45, 2.75) is 5.16 Å². The minimum atomic E-state index is -0.164. The Hall–Kier alpha value is -2.75. The van der Waals surface area contributed by atoms with Crippen LogP contribution in [0.1, 0.15) is 10.4 Å². The lowest BCUT2D eigenvalue weighted by Crippen LogP contribution is -2.55. The van der Waals surface area contributed by atoms with Gasteiger partial charge in [-0.25, -0.2) is 0 Å². The number of benzene rings is 1. The van der Waals surface area contributed by atoms with Gasteiger partial charge in [-0.1, -0.05) is 11.8 Å². The van der Waals surface area contributed by atoms with Crippen LogP contribution in [-0.2, 0) is 11.8 Å². The quantitative estimate of drug-likeness (QED) is 0.568. The van der Waals surface area contributed by atoms with Gasteiger partial charge in [0, 0.05) is 38.0 Å². The molecule has 1 aromatic heterocycles. The largest absolute Gasteiger partial charge is 0.454 e. The lowest BCUT2D eigenvalue weighted by Gasteiger charge is -2.38. The van der Waals surface area contributed by atoms with Crippen molar-refractivity contribution in [3.8, 4) is 11.5 Å². The molecule has 1 N–H and O–H groups in total. The number of likely N-dealkylation sites (tertiary alicyclic amines) is 1. The maximum Gasteiger partial charge on any atom is 0.254 e. The summed E-state index contributed by atoms with van der Waals surface area (Å²) in [6, 6.07) is 5.13. The number of rotatable bonds is 6. The summed E-state index contributed by atoms with van der Waals surface area (Å²) in [5, 5.41) is 11.5. The van der Waals surface area contributed by atoms with E-state index in [9.17, 15) is 9.59 Å². The Morgan fingerprint density at radius 3 is 2.89 bits per heavy atom. The third-order valence-electron chi connectivity index (χ3n) is 4.46. The minimum absolute atomic E-state index is 0.0247. The second kappa shape index (κ2) is 7.47. The number of ether oxygens (including phenoxy) is 2. The molecule has 27 heavy (non-hydrogen) atoms. The number of aryl methyl sites for hydroxylation is 1. The fourth-order valence-corrected chi connectivity index (χ4v) is 3.63. The molecule has 1 aromatic carbocycles. The first-order valence-electron chi connectivity index (χ1n) is 8.55. The molecule has 9 nitrogen and oxygen atoms in total. The van der Waals surface area contributed by atoms with Gasteiger partial charge in [0.25, 0.3) is 5.91 Å². The Kier molecular flexibility index (Phi) is 4.88. The zero-order valence-corrected chi connectivity index (χ0v) is 15.6. The van der Waals surface area contributed by atoms with Gasteiger partial charge in [0.15, 0.2) is 16.7 Å². The monoisotopic (exact) mass is 389 g/mol. The molecule has 0 atom stereocenters. The van der Waals surface area contributed by atoms with Gasteiger partial charge in [-0.3, -0.25) is 9.59 Å². The number of amides is 2. The molecule has 0 unspecified atom stereocenters. The third-order valence-corrected chi connectivity index (χ3v) is 5.50. The fourth-order valence-electron chi connectivity index (χ4n) is 2.89. The fraction of sp³-hybridized carbons (Fsp3) is 0.412. The van der Waals surface area contributed by atoms with Gasteiger partial charge in [0.2, 0.25) is 12.7 Å². The van der Waals surface area contributed by atoms with E-state index < -0.39 is 0 Å². The molecule has 3 heterocycles. The Balaban J connectivity index is 1.20. The maximum absolute atomic E-state index is 12.5. The number of fused-ring (bicyclic) bond motifs is 1. The number of hydrogen-bond donors (Lipinski definition) is 1. The van der Waals surface area contributed by atoms with Gasteiger partial charge in [-0.2, -0.15) is 0 Å². The first-order chi connectivity index (χ1) is 13.1. The summed E-state index contributed by atoms with van der Waals surface area (Å²) in [7, 11) is 1.88. The Labute approximate surface area is 160 Å². The smallest absolute Gasteiger partial charge is 0.254 e. The molecule has 142 valence electrons. The summed E-state index contributed by atoms with van der Waals surface area (Å²) in [6.07, 6.45) is 1.64. The van der Waals surface area contributed by atoms with Gasteiger partial charge >= 0.3 is 0 Å². The third kappa shape index (κ3) is 3.70. The van der Waals surface area contributed by atoms with Gasteiger partial charge in [-0.15, -0.1) is 10.2 Å². The number of carbonyl (C=O) groups excluding carboxylic acids is 2. The molecule has 0 radical (unpaired) electrons. The van der Waals surface area contributed by atoms with E-state index in [0.29, 0.717) is 42.4 Å². The molecular weight excluding hydrogens is 370 g/mol. The molecule has 0 saturated carbocycles. The van der Waals surface area contributed by atoms with E-state index in [1.54, 1.807) is 29.4 Å². The van der Waals surface area contributed by atoms with Gasteiger partial charge < -0.3 is 24.3 Å². The first kappa shape index (κ1) is 17.7. The normalized spacial score (nSPS) is 15.5. The second-order valence-corrected chi connectivity index (χ2v) is 7.40. The topological polar surface area (TPSA) is 98.6 Å². The van der Waals surface area contributed by atoms with Crippen LogP contribution < -0.4 is 14.8 Å². The lowest BCUT2D eigenvalue weighted by atomic mass is 9.98. The van der Waals surface area contributed by atoms with E-state index in [-0.39, 0.29) is 24.5 Å². The zero-order chi connectivity index (χ0) is 18.8. The highest BCUT2D eigenvalue weighted by Gasteiger charge is 2.36. The van der Waals surface area contributed by atoms with Crippen LogP contribution in [0.4, 0.5) is 0 Å². The second-order valence-electron chi connectivity index (χ2n) is 6.34. The highest BCUT2D eigenvalue weighted by molar-refractivity contribution is 7.99. The van der Waals surface area contributed by atoms with Gasteiger partial charge in [0.05, 0.1) is 5.92 Å². The van der Waals surface area contributed by atoms with E-state index in [1.165, 1.54) is 11.8 Å². The number of aromatic nitrogens is 3. The van der Waals surface area contributed by atoms with Crippen LogP contribution in [-0.4, -0.2) is 63.7 Å². The molecule has 2 aliphatic rings. The first-order valence-corrected chi connectivity index (χ1v) is 9.54. The molecule has 10 heteroatoms. The summed E-state index contributed by atoms with van der Waals surface area (Å²) in [6.45, 7) is 1.57. The molecule has 0 aliphatic carbocycles. The van der Waals surface area contributed by atoms with E-state index in [1.807, 2.05) is 11.6 Å². The molecular formula is C17H19N5O4S. The number of nitrogens with zero attached hydrogens (tertiary/aromatic N) is 4. The van der Waals surface area contributed by atoms with E-state index in [4.69, 9.17) is 9.47 Å². The number of hydrogen-bond acceptors (Lipinski definition) is 7. The number of nitrogens with one attached hydrogen (secondary N) is 1. The van der Waals surface area contributed by atoms with Crippen LogP contribution in [0.3, 0.4) is 0 Å². The van der Waals surface area contributed by atoms with E-state index >= 15 is 0 Å². The summed E-state index contributed by atoms with van der Waals surface area (Å²) in [5.74, 6) is 1.65. The summed E-state index contributed by atoms with van der Waals surface area (Å²) in [4.78, 5) is 26.3. The SMILES string of the molecule is Cn1cnnc1SCCNC(=O)C1CN(C(=O)c2ccc3c(c2)OCO3)C1. The molecule has 0 spiro atoms. The number of carbonyl (C=O) groups is 2. The van der Waals surface area contributed by atoms with Crippen molar-refractivity contribution in [3.05, 3.63) is 30.1 Å². The van der Waals surface area contributed by atoms with Crippen molar-refractivity contribution in [1.29, 1.82) is 0 Å². The van der Waals surface area contributed by atoms with Crippen molar-refractivity contribution in [2.75, 3.05) is 32.2 Å². The van der Waals surface area contributed by atoms with Crippen LogP contribution in [0.5, 0.6) is 11.5 Å². The standard InChI is InChI=1S/C17H19N5O4S/c1-21-9-19-20-17(21)27-5-4-18-15(23)12-7-22(8-12)16(24)11-2-3-13-14(6-11)26-10-25-13/h2-3,6,9,12H,4-5,7-8,10H2,1H3,(H,18,23).